The predicted octanol–water partition coefficient (Wildman–Crippen LogP) is 3.80. The Morgan fingerprint density at radius 2 is 1.86 bits per heavy atom. The van der Waals surface area contributed by atoms with E-state index in [1.807, 2.05) is 42.6 Å². The number of aromatic nitrogens is 5. The van der Waals surface area contributed by atoms with Crippen molar-refractivity contribution in [3.05, 3.63) is 63.7 Å². The molecule has 0 fully saturated rings. The van der Waals surface area contributed by atoms with Crippen molar-refractivity contribution in [3.8, 4) is 17.1 Å². The fourth-order valence-electron chi connectivity index (χ4n) is 3.13. The van der Waals surface area contributed by atoms with Gasteiger partial charge in [-0.25, -0.2) is 4.98 Å². The molecule has 0 amide bonds. The van der Waals surface area contributed by atoms with E-state index < -0.39 is 0 Å². The van der Waals surface area contributed by atoms with Crippen molar-refractivity contribution in [2.75, 3.05) is 7.11 Å². The van der Waals surface area contributed by atoms with Gasteiger partial charge in [0, 0.05) is 16.8 Å². The predicted molar refractivity (Wildman–Crippen MR) is 112 cm³/mol. The molecule has 4 aromatic rings. The van der Waals surface area contributed by atoms with E-state index in [0.717, 1.165) is 32.4 Å². The van der Waals surface area contributed by atoms with Gasteiger partial charge < -0.3 is 4.74 Å². The zero-order valence-corrected chi connectivity index (χ0v) is 17.7. The number of ether oxygens (including phenoxy) is 1. The number of hydrogen-bond donors (Lipinski definition) is 0. The van der Waals surface area contributed by atoms with Gasteiger partial charge in [0.25, 0.3) is 0 Å². The lowest BCUT2D eigenvalue weighted by atomic mass is 9.91. The summed E-state index contributed by atoms with van der Waals surface area (Å²) in [5, 5.41) is 14.7. The van der Waals surface area contributed by atoms with Crippen LogP contribution >= 0.6 is 15.9 Å². The van der Waals surface area contributed by atoms with Crippen LogP contribution in [0.4, 0.5) is 0 Å². The summed E-state index contributed by atoms with van der Waals surface area (Å²) in [5.74, 6) is 1.39. The van der Waals surface area contributed by atoms with Gasteiger partial charge in [-0.05, 0) is 45.8 Å². The molecule has 0 radical (unpaired) electrons. The van der Waals surface area contributed by atoms with Crippen molar-refractivity contribution in [1.82, 2.24) is 24.8 Å². The summed E-state index contributed by atoms with van der Waals surface area (Å²) in [6.45, 7) is 6.42. The Morgan fingerprint density at radius 3 is 2.54 bits per heavy atom. The summed E-state index contributed by atoms with van der Waals surface area (Å²) in [4.78, 5) is 4.31. The van der Waals surface area contributed by atoms with Crippen molar-refractivity contribution < 1.29 is 4.74 Å². The largest absolute Gasteiger partial charge is 0.496 e. The normalized spacial score (nSPS) is 12.7. The van der Waals surface area contributed by atoms with E-state index in [1.165, 1.54) is 0 Å². The lowest BCUT2D eigenvalue weighted by Gasteiger charge is -2.15. The Morgan fingerprint density at radius 1 is 1.07 bits per heavy atom. The van der Waals surface area contributed by atoms with Crippen LogP contribution in [0.5, 0.6) is 5.75 Å². The maximum Gasteiger partial charge on any atom is 0.189 e. The minimum absolute atomic E-state index is 0.159. The average Bonchev–Trinajstić information content (AvgIpc) is 3.23. The molecule has 142 valence electrons. The Bertz CT molecular complexity index is 1190. The molecule has 0 bridgehead atoms. The van der Waals surface area contributed by atoms with Gasteiger partial charge in [-0.1, -0.05) is 39.0 Å². The fraction of sp³-hybridized carbons (Fsp3) is 0.238. The van der Waals surface area contributed by atoms with E-state index in [2.05, 4.69) is 58.0 Å². The molecule has 0 aliphatic carbocycles. The van der Waals surface area contributed by atoms with Gasteiger partial charge in [-0.3, -0.25) is 0 Å². The van der Waals surface area contributed by atoms with Crippen molar-refractivity contribution in [3.63, 3.8) is 0 Å². The molecule has 0 spiro atoms. The molecule has 0 unspecified atom stereocenters. The van der Waals surface area contributed by atoms with Crippen LogP contribution in [0.25, 0.3) is 23.1 Å². The van der Waals surface area contributed by atoms with Crippen LogP contribution in [0.2, 0.25) is 0 Å². The van der Waals surface area contributed by atoms with Crippen molar-refractivity contribution in [2.24, 2.45) is 0 Å². The average molecular weight is 438 g/mol. The molecule has 28 heavy (non-hydrogen) atoms. The van der Waals surface area contributed by atoms with Crippen LogP contribution in [0, 0.1) is 0 Å². The zero-order valence-electron chi connectivity index (χ0n) is 16.1. The van der Waals surface area contributed by atoms with Crippen LogP contribution in [0.15, 0.2) is 47.2 Å². The third-order valence-corrected chi connectivity index (χ3v) is 4.93. The van der Waals surface area contributed by atoms with Crippen molar-refractivity contribution >= 4 is 27.7 Å². The first-order chi connectivity index (χ1) is 13.4. The summed E-state index contributed by atoms with van der Waals surface area (Å²) in [5.41, 5.74) is 3.34. The number of fused-ring (bicyclic) bond motifs is 1. The molecule has 0 saturated carbocycles. The second-order valence-electron chi connectivity index (χ2n) is 7.53. The summed E-state index contributed by atoms with van der Waals surface area (Å²) < 4.78 is 8.10. The number of benzene rings is 1. The van der Waals surface area contributed by atoms with E-state index in [4.69, 9.17) is 9.84 Å². The number of para-hydroxylation sites is 1. The van der Waals surface area contributed by atoms with Gasteiger partial charge in [-0.2, -0.15) is 9.61 Å². The minimum atomic E-state index is -0.159. The molecular formula is C21H20BrN5O. The summed E-state index contributed by atoms with van der Waals surface area (Å²) in [6, 6.07) is 11.7. The maximum atomic E-state index is 5.50. The van der Waals surface area contributed by atoms with Crippen LogP contribution in [-0.2, 0) is 5.41 Å². The molecule has 0 saturated heterocycles. The van der Waals surface area contributed by atoms with Gasteiger partial charge in [0.05, 0.1) is 18.4 Å². The van der Waals surface area contributed by atoms with E-state index >= 15 is 0 Å². The van der Waals surface area contributed by atoms with Gasteiger partial charge in [0.2, 0.25) is 0 Å². The number of halogens is 1. The molecule has 3 aromatic heterocycles. The second kappa shape index (κ2) is 6.98. The highest BCUT2D eigenvalue weighted by Gasteiger charge is 2.24. The Hall–Kier alpha value is -2.80. The van der Waals surface area contributed by atoms with Crippen LogP contribution in [-0.4, -0.2) is 31.9 Å². The first kappa shape index (κ1) is 18.6. The lowest BCUT2D eigenvalue weighted by Crippen LogP contribution is -2.22. The first-order valence-electron chi connectivity index (χ1n) is 8.91. The topological polar surface area (TPSA) is 65.2 Å². The second-order valence-corrected chi connectivity index (χ2v) is 8.34. The van der Waals surface area contributed by atoms with Gasteiger partial charge >= 0.3 is 0 Å². The van der Waals surface area contributed by atoms with E-state index in [9.17, 15) is 0 Å². The molecule has 1 aromatic carbocycles. The molecule has 6 nitrogen and oxygen atoms in total. The molecule has 0 atom stereocenters. The molecular weight excluding hydrogens is 418 g/mol. The highest BCUT2D eigenvalue weighted by Crippen LogP contribution is 2.28. The van der Waals surface area contributed by atoms with Crippen LogP contribution in [0.1, 0.15) is 32.0 Å². The minimum Gasteiger partial charge on any atom is -0.496 e. The molecule has 3 heterocycles. The summed E-state index contributed by atoms with van der Waals surface area (Å²) in [6.07, 6.45) is 3.88. The molecule has 0 N–H and O–H groups in total. The fourth-order valence-corrected chi connectivity index (χ4v) is 3.36. The Balaban J connectivity index is 2.00. The van der Waals surface area contributed by atoms with Gasteiger partial charge in [0.1, 0.15) is 10.4 Å². The number of hydrogen-bond acceptors (Lipinski definition) is 5. The third kappa shape index (κ3) is 3.26. The highest BCUT2D eigenvalue weighted by molar-refractivity contribution is 9.10. The van der Waals surface area contributed by atoms with E-state index in [1.54, 1.807) is 11.6 Å². The summed E-state index contributed by atoms with van der Waals surface area (Å²) >= 11 is 3.38. The molecule has 7 heteroatoms. The van der Waals surface area contributed by atoms with Gasteiger partial charge in [0.15, 0.2) is 11.5 Å². The maximum absolute atomic E-state index is 5.50. The van der Waals surface area contributed by atoms with E-state index in [0.29, 0.717) is 11.5 Å². The third-order valence-electron chi connectivity index (χ3n) is 4.46. The Kier molecular flexibility index (Phi) is 4.63. The van der Waals surface area contributed by atoms with Crippen molar-refractivity contribution in [1.29, 1.82) is 0 Å². The Labute approximate surface area is 171 Å². The zero-order chi connectivity index (χ0) is 19.9. The molecule has 4 rings (SSSR count). The number of methoxy groups -OCH3 is 1. The van der Waals surface area contributed by atoms with Crippen LogP contribution < -0.4 is 9.96 Å². The first-order valence-corrected chi connectivity index (χ1v) is 9.70. The quantitative estimate of drug-likeness (QED) is 0.456. The monoisotopic (exact) mass is 437 g/mol. The van der Waals surface area contributed by atoms with Gasteiger partial charge in [-0.15, -0.1) is 10.2 Å². The smallest absolute Gasteiger partial charge is 0.189 e. The number of pyridine rings is 1. The molecule has 0 aliphatic rings. The number of rotatable bonds is 3. The van der Waals surface area contributed by atoms with Crippen molar-refractivity contribution in [2.45, 2.75) is 26.2 Å². The standard InChI is InChI=1S/C21H20BrN5O/c1-21(2,3)18-15(11-13-9-10-17(22)23-12-13)20-25-24-19(27(20)26-18)14-7-5-6-8-16(14)28-4/h5-12H,1-4H3/b15-11+. The van der Waals surface area contributed by atoms with E-state index in [-0.39, 0.29) is 5.41 Å². The SMILES string of the molecule is COc1ccccc1-c1nnc2/c(=C/c3ccc(Br)nc3)c(C(C)(C)C)nn12. The highest BCUT2D eigenvalue weighted by atomic mass is 79.9. The lowest BCUT2D eigenvalue weighted by molar-refractivity contribution is 0.416. The molecule has 0 aliphatic heterocycles. The summed E-state index contributed by atoms with van der Waals surface area (Å²) in [7, 11) is 1.65. The van der Waals surface area contributed by atoms with Crippen LogP contribution in [0.3, 0.4) is 0 Å². The number of nitrogens with zero attached hydrogens (tertiary/aromatic N) is 5.